The van der Waals surface area contributed by atoms with Crippen molar-refractivity contribution in [1.82, 2.24) is 4.98 Å². The molecule has 162 valence electrons. The van der Waals surface area contributed by atoms with Crippen LogP contribution >= 0.6 is 11.3 Å². The molecule has 9 heteroatoms. The first-order valence-electron chi connectivity index (χ1n) is 9.55. The summed E-state index contributed by atoms with van der Waals surface area (Å²) in [7, 11) is 4.69. The van der Waals surface area contributed by atoms with Gasteiger partial charge in [-0.15, -0.1) is 11.3 Å². The highest BCUT2D eigenvalue weighted by Gasteiger charge is 2.17. The second-order valence-electron chi connectivity index (χ2n) is 6.64. The number of anilines is 1. The summed E-state index contributed by atoms with van der Waals surface area (Å²) >= 11 is 1.44. The molecule has 0 fully saturated rings. The van der Waals surface area contributed by atoms with Crippen LogP contribution < -0.4 is 29.0 Å². The van der Waals surface area contributed by atoms with Crippen molar-refractivity contribution >= 4 is 22.9 Å². The normalized spacial score (nSPS) is 12.2. The quantitative estimate of drug-likeness (QED) is 0.596. The van der Waals surface area contributed by atoms with Crippen LogP contribution in [0.5, 0.6) is 28.7 Å². The number of nitrogens with zero attached hydrogens (tertiary/aromatic N) is 1. The Labute approximate surface area is 183 Å². The van der Waals surface area contributed by atoms with Gasteiger partial charge < -0.3 is 29.0 Å². The number of fused-ring (bicyclic) bond motifs is 1. The first kappa shape index (κ1) is 20.8. The molecule has 0 saturated carbocycles. The summed E-state index contributed by atoms with van der Waals surface area (Å²) in [6.07, 6.45) is 0.148. The molecule has 2 aromatic carbocycles. The number of hydrogen-bond acceptors (Lipinski definition) is 8. The minimum Gasteiger partial charge on any atom is -0.493 e. The molecule has 0 bridgehead atoms. The highest BCUT2D eigenvalue weighted by Crippen LogP contribution is 2.41. The van der Waals surface area contributed by atoms with Gasteiger partial charge in [0.05, 0.1) is 33.4 Å². The number of ether oxygens (including phenoxy) is 5. The Morgan fingerprint density at radius 3 is 2.42 bits per heavy atom. The molecule has 0 atom stereocenters. The number of nitrogens with one attached hydrogen (secondary N) is 1. The van der Waals surface area contributed by atoms with E-state index in [1.807, 2.05) is 17.5 Å². The highest BCUT2D eigenvalue weighted by atomic mass is 32.1. The Morgan fingerprint density at radius 1 is 1.03 bits per heavy atom. The maximum absolute atomic E-state index is 12.5. The lowest BCUT2D eigenvalue weighted by Gasteiger charge is -2.18. The molecule has 0 spiro atoms. The number of benzene rings is 2. The molecule has 0 saturated heterocycles. The number of carbonyl (C=O) groups excluding carboxylic acids is 1. The number of thiazole rings is 1. The van der Waals surface area contributed by atoms with Crippen molar-refractivity contribution in [3.05, 3.63) is 41.4 Å². The predicted molar refractivity (Wildman–Crippen MR) is 117 cm³/mol. The zero-order valence-corrected chi connectivity index (χ0v) is 18.2. The fourth-order valence-electron chi connectivity index (χ4n) is 3.22. The average Bonchev–Trinajstić information content (AvgIpc) is 3.26. The zero-order chi connectivity index (χ0) is 21.8. The summed E-state index contributed by atoms with van der Waals surface area (Å²) in [5.41, 5.74) is 2.14. The number of rotatable bonds is 7. The van der Waals surface area contributed by atoms with Crippen molar-refractivity contribution in [3.63, 3.8) is 0 Å². The van der Waals surface area contributed by atoms with Gasteiger partial charge in [-0.3, -0.25) is 4.79 Å². The van der Waals surface area contributed by atoms with Gasteiger partial charge in [0, 0.05) is 22.7 Å². The third kappa shape index (κ3) is 4.51. The van der Waals surface area contributed by atoms with Crippen LogP contribution in [0.2, 0.25) is 0 Å². The van der Waals surface area contributed by atoms with Gasteiger partial charge in [-0.05, 0) is 24.3 Å². The van der Waals surface area contributed by atoms with E-state index in [0.717, 1.165) is 10.6 Å². The number of carbonyl (C=O) groups is 1. The van der Waals surface area contributed by atoms with Crippen molar-refractivity contribution in [3.8, 4) is 39.3 Å². The van der Waals surface area contributed by atoms with Gasteiger partial charge in [0.2, 0.25) is 11.7 Å². The topological polar surface area (TPSA) is 88.1 Å². The molecular weight excluding hydrogens is 420 g/mol. The third-order valence-electron chi connectivity index (χ3n) is 4.63. The molecule has 3 aromatic rings. The minimum atomic E-state index is -0.168. The van der Waals surface area contributed by atoms with Gasteiger partial charge in [-0.2, -0.15) is 0 Å². The minimum absolute atomic E-state index is 0.148. The van der Waals surface area contributed by atoms with Gasteiger partial charge >= 0.3 is 0 Å². The van der Waals surface area contributed by atoms with Crippen LogP contribution in [0.4, 0.5) is 5.69 Å². The maximum atomic E-state index is 12.5. The number of hydrogen-bond donors (Lipinski definition) is 1. The first-order valence-corrected chi connectivity index (χ1v) is 10.4. The molecule has 1 aliphatic heterocycles. The second kappa shape index (κ2) is 9.13. The summed E-state index contributed by atoms with van der Waals surface area (Å²) in [5, 5.41) is 5.49. The van der Waals surface area contributed by atoms with E-state index in [0.29, 0.717) is 53.3 Å². The third-order valence-corrected chi connectivity index (χ3v) is 5.57. The Bertz CT molecular complexity index is 1070. The fourth-order valence-corrected chi connectivity index (χ4v) is 4.02. The van der Waals surface area contributed by atoms with Gasteiger partial charge in [0.25, 0.3) is 0 Å². The van der Waals surface area contributed by atoms with E-state index in [1.165, 1.54) is 11.3 Å². The smallest absolute Gasteiger partial charge is 0.230 e. The molecule has 2 heterocycles. The van der Waals surface area contributed by atoms with Crippen molar-refractivity contribution in [2.24, 2.45) is 0 Å². The molecule has 8 nitrogen and oxygen atoms in total. The Morgan fingerprint density at radius 2 is 1.74 bits per heavy atom. The van der Waals surface area contributed by atoms with Crippen LogP contribution in [0, 0.1) is 0 Å². The molecule has 31 heavy (non-hydrogen) atoms. The van der Waals surface area contributed by atoms with Crippen molar-refractivity contribution in [1.29, 1.82) is 0 Å². The van der Waals surface area contributed by atoms with E-state index in [1.54, 1.807) is 39.5 Å². The zero-order valence-electron chi connectivity index (χ0n) is 17.4. The van der Waals surface area contributed by atoms with Crippen molar-refractivity contribution in [2.45, 2.75) is 6.42 Å². The van der Waals surface area contributed by atoms with Crippen LogP contribution in [-0.2, 0) is 11.2 Å². The summed E-state index contributed by atoms with van der Waals surface area (Å²) < 4.78 is 27.2. The maximum Gasteiger partial charge on any atom is 0.230 e. The Kier molecular flexibility index (Phi) is 6.13. The molecule has 0 aliphatic carbocycles. The lowest BCUT2D eigenvalue weighted by molar-refractivity contribution is -0.115. The van der Waals surface area contributed by atoms with Crippen LogP contribution in [0.25, 0.3) is 10.6 Å². The standard InChI is InChI=1S/C22H22N2O6S/c1-26-18-8-13(9-19(27-2)21(18)28-3)22-24-15(12-31-22)11-20(25)23-14-4-5-16-17(10-14)30-7-6-29-16/h4-5,8-10,12H,6-7,11H2,1-3H3,(H,23,25). The van der Waals surface area contributed by atoms with E-state index in [2.05, 4.69) is 10.3 Å². The van der Waals surface area contributed by atoms with E-state index in [4.69, 9.17) is 23.7 Å². The van der Waals surface area contributed by atoms with Gasteiger partial charge in [0.15, 0.2) is 23.0 Å². The lowest BCUT2D eigenvalue weighted by atomic mass is 10.2. The lowest BCUT2D eigenvalue weighted by Crippen LogP contribution is -2.17. The van der Waals surface area contributed by atoms with Crippen LogP contribution in [0.15, 0.2) is 35.7 Å². The van der Waals surface area contributed by atoms with E-state index in [9.17, 15) is 4.79 Å². The van der Waals surface area contributed by atoms with E-state index < -0.39 is 0 Å². The number of amides is 1. The molecule has 1 amide bonds. The second-order valence-corrected chi connectivity index (χ2v) is 7.50. The SMILES string of the molecule is COc1cc(-c2nc(CC(=O)Nc3ccc4c(c3)OCCO4)cs2)cc(OC)c1OC. The average molecular weight is 442 g/mol. The molecule has 1 N–H and O–H groups in total. The van der Waals surface area contributed by atoms with Crippen LogP contribution in [0.1, 0.15) is 5.69 Å². The predicted octanol–water partition coefficient (Wildman–Crippen LogP) is 3.79. The van der Waals surface area contributed by atoms with E-state index in [-0.39, 0.29) is 12.3 Å². The Hall–Kier alpha value is -3.46. The molecule has 4 rings (SSSR count). The summed E-state index contributed by atoms with van der Waals surface area (Å²) in [4.78, 5) is 17.1. The largest absolute Gasteiger partial charge is 0.493 e. The first-order chi connectivity index (χ1) is 15.1. The molecule has 0 unspecified atom stereocenters. The molecular formula is C22H22N2O6S. The fraction of sp³-hybridized carbons (Fsp3) is 0.273. The molecule has 1 aliphatic rings. The molecule has 1 aromatic heterocycles. The number of aromatic nitrogens is 1. The van der Waals surface area contributed by atoms with Crippen molar-refractivity contribution in [2.75, 3.05) is 39.9 Å². The summed E-state index contributed by atoms with van der Waals surface area (Å²) in [5.74, 6) is 2.75. The van der Waals surface area contributed by atoms with E-state index >= 15 is 0 Å². The summed E-state index contributed by atoms with van der Waals surface area (Å²) in [6, 6.07) is 9.00. The van der Waals surface area contributed by atoms with Gasteiger partial charge in [0.1, 0.15) is 18.2 Å². The number of methoxy groups -OCH3 is 3. The van der Waals surface area contributed by atoms with Gasteiger partial charge in [-0.1, -0.05) is 0 Å². The summed E-state index contributed by atoms with van der Waals surface area (Å²) in [6.45, 7) is 1.02. The van der Waals surface area contributed by atoms with Crippen LogP contribution in [-0.4, -0.2) is 45.4 Å². The van der Waals surface area contributed by atoms with Gasteiger partial charge in [-0.25, -0.2) is 4.98 Å². The van der Waals surface area contributed by atoms with Crippen molar-refractivity contribution < 1.29 is 28.5 Å². The van der Waals surface area contributed by atoms with Crippen LogP contribution in [0.3, 0.4) is 0 Å². The molecule has 0 radical (unpaired) electrons. The highest BCUT2D eigenvalue weighted by molar-refractivity contribution is 7.13. The monoisotopic (exact) mass is 442 g/mol. The Balaban J connectivity index is 1.47.